The Labute approximate surface area is 175 Å². The minimum absolute atomic E-state index is 0.0114. The largest absolute Gasteiger partial charge is 0.328 e. The van der Waals surface area contributed by atoms with Crippen LogP contribution in [0.2, 0.25) is 0 Å². The molecule has 6 heteroatoms. The monoisotopic (exact) mass is 488 g/mol. The molecular weight excluding hydrogens is 468 g/mol. The Morgan fingerprint density at radius 2 is 1.15 bits per heavy atom. The molecule has 0 saturated heterocycles. The number of nitrogens with zero attached hydrogens (tertiary/aromatic N) is 4. The SMILES string of the molecule is Cc1nc2ccccc2n1CC(CBr)(CBr)Cn1c(C)nc2ccccc21. The van der Waals surface area contributed by atoms with Gasteiger partial charge >= 0.3 is 0 Å². The summed E-state index contributed by atoms with van der Waals surface area (Å²) in [5, 5.41) is 1.76. The molecule has 0 spiro atoms. The van der Waals surface area contributed by atoms with Gasteiger partial charge in [-0.05, 0) is 38.1 Å². The van der Waals surface area contributed by atoms with Crippen LogP contribution in [-0.2, 0) is 13.1 Å². The average molecular weight is 490 g/mol. The van der Waals surface area contributed by atoms with Gasteiger partial charge in [-0.1, -0.05) is 56.1 Å². The van der Waals surface area contributed by atoms with Gasteiger partial charge in [0.2, 0.25) is 0 Å². The first-order valence-electron chi connectivity index (χ1n) is 9.02. The minimum atomic E-state index is -0.0114. The fraction of sp³-hybridized carbons (Fsp3) is 0.333. The highest BCUT2D eigenvalue weighted by atomic mass is 79.9. The number of para-hydroxylation sites is 4. The van der Waals surface area contributed by atoms with Gasteiger partial charge in [-0.15, -0.1) is 0 Å². The summed E-state index contributed by atoms with van der Waals surface area (Å²) in [6, 6.07) is 16.7. The molecule has 0 aliphatic heterocycles. The third kappa shape index (κ3) is 3.34. The zero-order chi connectivity index (χ0) is 19.0. The van der Waals surface area contributed by atoms with Crippen LogP contribution in [0.1, 0.15) is 11.6 Å². The molecule has 0 amide bonds. The Bertz CT molecular complexity index is 1010. The van der Waals surface area contributed by atoms with Crippen LogP contribution >= 0.6 is 31.9 Å². The van der Waals surface area contributed by atoms with Gasteiger partial charge in [-0.2, -0.15) is 0 Å². The normalized spacial score (nSPS) is 12.3. The summed E-state index contributed by atoms with van der Waals surface area (Å²) in [5.74, 6) is 2.10. The fourth-order valence-corrected chi connectivity index (χ4v) is 5.35. The van der Waals surface area contributed by atoms with Crippen LogP contribution < -0.4 is 0 Å². The van der Waals surface area contributed by atoms with Gasteiger partial charge in [-0.25, -0.2) is 9.97 Å². The molecule has 2 aromatic heterocycles. The highest BCUT2D eigenvalue weighted by molar-refractivity contribution is 9.09. The second-order valence-corrected chi connectivity index (χ2v) is 8.36. The van der Waals surface area contributed by atoms with Crippen molar-refractivity contribution in [3.8, 4) is 0 Å². The molecule has 140 valence electrons. The predicted molar refractivity (Wildman–Crippen MR) is 119 cm³/mol. The van der Waals surface area contributed by atoms with E-state index in [4.69, 9.17) is 9.97 Å². The molecule has 0 unspecified atom stereocenters. The van der Waals surface area contributed by atoms with Crippen molar-refractivity contribution in [1.29, 1.82) is 0 Å². The minimum Gasteiger partial charge on any atom is -0.328 e. The molecule has 0 N–H and O–H groups in total. The van der Waals surface area contributed by atoms with Crippen molar-refractivity contribution in [2.75, 3.05) is 10.7 Å². The van der Waals surface area contributed by atoms with E-state index in [2.05, 4.69) is 91.2 Å². The van der Waals surface area contributed by atoms with Gasteiger partial charge in [0.15, 0.2) is 0 Å². The predicted octanol–water partition coefficient (Wildman–Crippen LogP) is 5.48. The number of alkyl halides is 2. The zero-order valence-corrected chi connectivity index (χ0v) is 18.7. The molecule has 0 radical (unpaired) electrons. The van der Waals surface area contributed by atoms with Gasteiger partial charge in [0.1, 0.15) is 11.6 Å². The molecule has 0 aliphatic rings. The summed E-state index contributed by atoms with van der Waals surface area (Å²) in [6.07, 6.45) is 0. The van der Waals surface area contributed by atoms with Crippen molar-refractivity contribution in [1.82, 2.24) is 19.1 Å². The Balaban J connectivity index is 1.76. The third-order valence-electron chi connectivity index (χ3n) is 5.24. The maximum Gasteiger partial charge on any atom is 0.106 e. The average Bonchev–Trinajstić information content (AvgIpc) is 3.17. The van der Waals surface area contributed by atoms with Crippen molar-refractivity contribution in [3.05, 3.63) is 60.2 Å². The Morgan fingerprint density at radius 3 is 1.56 bits per heavy atom. The van der Waals surface area contributed by atoms with Gasteiger partial charge < -0.3 is 9.13 Å². The first kappa shape index (κ1) is 18.7. The number of hydrogen-bond donors (Lipinski definition) is 0. The molecule has 27 heavy (non-hydrogen) atoms. The lowest BCUT2D eigenvalue weighted by Crippen LogP contribution is -2.36. The summed E-state index contributed by atoms with van der Waals surface area (Å²) in [7, 11) is 0. The van der Waals surface area contributed by atoms with E-state index < -0.39 is 0 Å². The number of halogens is 2. The van der Waals surface area contributed by atoms with E-state index in [1.54, 1.807) is 0 Å². The second-order valence-electron chi connectivity index (χ2n) is 7.24. The van der Waals surface area contributed by atoms with Crippen molar-refractivity contribution in [2.24, 2.45) is 5.41 Å². The third-order valence-corrected chi connectivity index (χ3v) is 7.62. The van der Waals surface area contributed by atoms with Crippen LogP contribution in [0.25, 0.3) is 22.1 Å². The fourth-order valence-electron chi connectivity index (χ4n) is 3.72. The number of imidazole rings is 2. The molecule has 0 aliphatic carbocycles. The van der Waals surface area contributed by atoms with Crippen LogP contribution in [0.15, 0.2) is 48.5 Å². The van der Waals surface area contributed by atoms with Crippen molar-refractivity contribution < 1.29 is 0 Å². The van der Waals surface area contributed by atoms with E-state index in [1.165, 1.54) is 11.0 Å². The molecule has 2 aromatic carbocycles. The lowest BCUT2D eigenvalue weighted by molar-refractivity contribution is 0.280. The van der Waals surface area contributed by atoms with Crippen molar-refractivity contribution in [3.63, 3.8) is 0 Å². The summed E-state index contributed by atoms with van der Waals surface area (Å²) in [5.41, 5.74) is 4.47. The summed E-state index contributed by atoms with van der Waals surface area (Å²) >= 11 is 7.61. The Hall–Kier alpha value is -1.66. The number of benzene rings is 2. The van der Waals surface area contributed by atoms with E-state index in [-0.39, 0.29) is 5.41 Å². The standard InChI is InChI=1S/C21H22Br2N4/c1-15-24-17-7-3-5-9-19(17)26(15)13-21(11-22,12-23)14-27-16(2)25-18-8-4-6-10-20(18)27/h3-10H,11-14H2,1-2H3. The van der Waals surface area contributed by atoms with Gasteiger partial charge in [0.05, 0.1) is 22.1 Å². The summed E-state index contributed by atoms with van der Waals surface area (Å²) < 4.78 is 4.68. The highest BCUT2D eigenvalue weighted by Crippen LogP contribution is 2.32. The van der Waals surface area contributed by atoms with Gasteiger partial charge in [0.25, 0.3) is 0 Å². The zero-order valence-electron chi connectivity index (χ0n) is 15.5. The van der Waals surface area contributed by atoms with Crippen molar-refractivity contribution >= 4 is 53.9 Å². The van der Waals surface area contributed by atoms with E-state index in [0.29, 0.717) is 0 Å². The van der Waals surface area contributed by atoms with E-state index in [9.17, 15) is 0 Å². The maximum absolute atomic E-state index is 4.74. The molecule has 0 atom stereocenters. The van der Waals surface area contributed by atoms with Crippen LogP contribution in [0.3, 0.4) is 0 Å². The number of rotatable bonds is 6. The van der Waals surface area contributed by atoms with Crippen LogP contribution in [-0.4, -0.2) is 29.8 Å². The number of aromatic nitrogens is 4. The van der Waals surface area contributed by atoms with Crippen LogP contribution in [0, 0.1) is 19.3 Å². The number of fused-ring (bicyclic) bond motifs is 2. The lowest BCUT2D eigenvalue weighted by atomic mass is 9.92. The first-order chi connectivity index (χ1) is 13.1. The van der Waals surface area contributed by atoms with Crippen molar-refractivity contribution in [2.45, 2.75) is 26.9 Å². The first-order valence-corrected chi connectivity index (χ1v) is 11.3. The Morgan fingerprint density at radius 1 is 0.741 bits per heavy atom. The van der Waals surface area contributed by atoms with E-state index in [0.717, 1.165) is 46.4 Å². The molecule has 2 heterocycles. The Kier molecular flexibility index (Phi) is 5.12. The second kappa shape index (κ2) is 7.40. The summed E-state index contributed by atoms with van der Waals surface area (Å²) in [4.78, 5) is 9.49. The van der Waals surface area contributed by atoms with E-state index in [1.807, 2.05) is 12.1 Å². The quantitative estimate of drug-likeness (QED) is 0.336. The van der Waals surface area contributed by atoms with Gasteiger partial charge in [0, 0.05) is 29.2 Å². The molecule has 0 saturated carbocycles. The van der Waals surface area contributed by atoms with Crippen LogP contribution in [0.4, 0.5) is 0 Å². The number of hydrogen-bond acceptors (Lipinski definition) is 2. The molecular formula is C21H22Br2N4. The molecule has 0 bridgehead atoms. The van der Waals surface area contributed by atoms with Crippen LogP contribution in [0.5, 0.6) is 0 Å². The van der Waals surface area contributed by atoms with E-state index >= 15 is 0 Å². The molecule has 0 fully saturated rings. The molecule has 4 nitrogen and oxygen atoms in total. The lowest BCUT2D eigenvalue weighted by Gasteiger charge is -2.32. The summed E-state index contributed by atoms with van der Waals surface area (Å²) in [6.45, 7) is 5.93. The number of aryl methyl sites for hydroxylation is 2. The maximum atomic E-state index is 4.74. The topological polar surface area (TPSA) is 35.6 Å². The van der Waals surface area contributed by atoms with Gasteiger partial charge in [-0.3, -0.25) is 0 Å². The smallest absolute Gasteiger partial charge is 0.106 e. The highest BCUT2D eigenvalue weighted by Gasteiger charge is 2.31. The molecule has 4 rings (SSSR count). The molecule has 4 aromatic rings.